The Labute approximate surface area is 157 Å². The van der Waals surface area contributed by atoms with Gasteiger partial charge >= 0.3 is 0 Å². The Morgan fingerprint density at radius 3 is 2.77 bits per heavy atom. The van der Waals surface area contributed by atoms with Crippen molar-refractivity contribution in [3.05, 3.63) is 41.9 Å². The number of rotatable bonds is 7. The number of aromatic nitrogens is 3. The molecule has 0 saturated heterocycles. The second-order valence-electron chi connectivity index (χ2n) is 5.33. The average Bonchev–Trinajstić information content (AvgIpc) is 3.23. The number of hydrogen-bond donors (Lipinski definition) is 2. The van der Waals surface area contributed by atoms with Crippen molar-refractivity contribution in [2.75, 3.05) is 10.6 Å². The Bertz CT molecular complexity index is 881. The second-order valence-corrected chi connectivity index (χ2v) is 7.76. The van der Waals surface area contributed by atoms with Gasteiger partial charge in [-0.1, -0.05) is 35.2 Å². The number of nitrogens with one attached hydrogen (secondary N) is 2. The molecule has 0 radical (unpaired) electrons. The Kier molecular flexibility index (Phi) is 5.84. The van der Waals surface area contributed by atoms with Crippen molar-refractivity contribution in [3.8, 4) is 0 Å². The fraction of sp³-hybridized carbons (Fsp3) is 0.250. The minimum Gasteiger partial charge on any atom is -0.360 e. The molecule has 2 aromatic heterocycles. The van der Waals surface area contributed by atoms with Crippen molar-refractivity contribution in [3.63, 3.8) is 0 Å². The smallest absolute Gasteiger partial charge is 0.239 e. The van der Waals surface area contributed by atoms with Crippen LogP contribution in [0, 0.1) is 12.7 Å². The van der Waals surface area contributed by atoms with E-state index in [9.17, 15) is 9.18 Å². The standard InChI is InChI=1S/C16H16FN5O2S2/c1-3-12(14(23)19-13-8-9(2)24-22-13)25-16-21-20-15(26-16)18-11-6-4-10(17)5-7-11/h4-8,12H,3H2,1-2H3,(H,18,20)(H,19,22,23)/t12-/m0/s1. The molecule has 1 amide bonds. The van der Waals surface area contributed by atoms with Gasteiger partial charge in [0.05, 0.1) is 5.25 Å². The van der Waals surface area contributed by atoms with E-state index in [1.807, 2.05) is 6.92 Å². The van der Waals surface area contributed by atoms with E-state index in [1.54, 1.807) is 25.1 Å². The highest BCUT2D eigenvalue weighted by Crippen LogP contribution is 2.32. The third-order valence-corrected chi connectivity index (χ3v) is 5.57. The zero-order chi connectivity index (χ0) is 18.5. The predicted molar refractivity (Wildman–Crippen MR) is 99.4 cm³/mol. The van der Waals surface area contributed by atoms with Gasteiger partial charge in [-0.3, -0.25) is 4.79 Å². The van der Waals surface area contributed by atoms with Gasteiger partial charge in [0, 0.05) is 11.8 Å². The van der Waals surface area contributed by atoms with Gasteiger partial charge in [0.15, 0.2) is 10.2 Å². The topological polar surface area (TPSA) is 92.9 Å². The second kappa shape index (κ2) is 8.28. The monoisotopic (exact) mass is 393 g/mol. The number of hydrogen-bond acceptors (Lipinski definition) is 8. The molecule has 3 rings (SSSR count). The number of carbonyl (C=O) groups excluding carboxylic acids is 1. The fourth-order valence-corrected chi connectivity index (χ4v) is 3.98. The summed E-state index contributed by atoms with van der Waals surface area (Å²) in [4.78, 5) is 12.4. The molecule has 0 aliphatic heterocycles. The zero-order valence-corrected chi connectivity index (χ0v) is 15.7. The van der Waals surface area contributed by atoms with Gasteiger partial charge in [-0.25, -0.2) is 4.39 Å². The molecular formula is C16H16FN5O2S2. The number of carbonyl (C=O) groups is 1. The molecule has 0 saturated carbocycles. The summed E-state index contributed by atoms with van der Waals surface area (Å²) in [6.45, 7) is 3.68. The Balaban J connectivity index is 1.60. The van der Waals surface area contributed by atoms with Crippen LogP contribution in [0.2, 0.25) is 0 Å². The van der Waals surface area contributed by atoms with E-state index in [-0.39, 0.29) is 17.0 Å². The van der Waals surface area contributed by atoms with Crippen LogP contribution >= 0.6 is 23.1 Å². The van der Waals surface area contributed by atoms with Crippen molar-refractivity contribution < 1.29 is 13.7 Å². The highest BCUT2D eigenvalue weighted by Gasteiger charge is 2.21. The van der Waals surface area contributed by atoms with Gasteiger partial charge < -0.3 is 15.2 Å². The van der Waals surface area contributed by atoms with Crippen LogP contribution in [0.4, 0.5) is 21.0 Å². The fourth-order valence-electron chi connectivity index (χ4n) is 2.04. The number of amides is 1. The van der Waals surface area contributed by atoms with E-state index >= 15 is 0 Å². The Morgan fingerprint density at radius 2 is 2.12 bits per heavy atom. The summed E-state index contributed by atoms with van der Waals surface area (Å²) >= 11 is 2.66. The molecule has 1 aromatic carbocycles. The number of nitrogens with zero attached hydrogens (tertiary/aromatic N) is 3. The lowest BCUT2D eigenvalue weighted by atomic mass is 10.3. The Hall–Kier alpha value is -2.46. The summed E-state index contributed by atoms with van der Waals surface area (Å²) in [5.41, 5.74) is 0.713. The average molecular weight is 393 g/mol. The minimum atomic E-state index is -0.335. The summed E-state index contributed by atoms with van der Waals surface area (Å²) < 4.78 is 18.5. The van der Waals surface area contributed by atoms with Crippen molar-refractivity contribution in [1.29, 1.82) is 0 Å². The van der Waals surface area contributed by atoms with E-state index < -0.39 is 0 Å². The minimum absolute atomic E-state index is 0.172. The first-order valence-electron chi connectivity index (χ1n) is 7.80. The number of halogens is 1. The van der Waals surface area contributed by atoms with E-state index in [2.05, 4.69) is 26.0 Å². The van der Waals surface area contributed by atoms with Gasteiger partial charge in [0.2, 0.25) is 11.0 Å². The van der Waals surface area contributed by atoms with Crippen LogP contribution in [0.1, 0.15) is 19.1 Å². The number of anilines is 3. The van der Waals surface area contributed by atoms with Crippen molar-refractivity contribution in [1.82, 2.24) is 15.4 Å². The van der Waals surface area contributed by atoms with Crippen LogP contribution < -0.4 is 10.6 Å². The molecule has 7 nitrogen and oxygen atoms in total. The quantitative estimate of drug-likeness (QED) is 0.580. The summed E-state index contributed by atoms with van der Waals surface area (Å²) in [7, 11) is 0. The van der Waals surface area contributed by atoms with Gasteiger partial charge in [-0.05, 0) is 37.6 Å². The molecule has 26 heavy (non-hydrogen) atoms. The van der Waals surface area contributed by atoms with Crippen molar-refractivity contribution in [2.24, 2.45) is 0 Å². The number of aryl methyl sites for hydroxylation is 1. The first kappa shape index (κ1) is 18.3. The lowest BCUT2D eigenvalue weighted by Crippen LogP contribution is -2.24. The maximum absolute atomic E-state index is 12.9. The van der Waals surface area contributed by atoms with E-state index in [4.69, 9.17) is 4.52 Å². The van der Waals surface area contributed by atoms with Gasteiger partial charge in [-0.2, -0.15) is 0 Å². The third-order valence-electron chi connectivity index (χ3n) is 3.29. The SMILES string of the molecule is CC[C@H](Sc1nnc(Nc2ccc(F)cc2)s1)C(=O)Nc1cc(C)on1. The first-order chi connectivity index (χ1) is 12.5. The summed E-state index contributed by atoms with van der Waals surface area (Å²) in [5.74, 6) is 0.543. The highest BCUT2D eigenvalue weighted by atomic mass is 32.2. The van der Waals surface area contributed by atoms with Crippen LogP contribution in [0.15, 0.2) is 39.2 Å². The largest absolute Gasteiger partial charge is 0.360 e. The summed E-state index contributed by atoms with van der Waals surface area (Å²) in [6, 6.07) is 7.62. The molecule has 136 valence electrons. The van der Waals surface area contributed by atoms with Gasteiger partial charge in [0.25, 0.3) is 0 Å². The van der Waals surface area contributed by atoms with E-state index in [0.29, 0.717) is 33.2 Å². The Morgan fingerprint density at radius 1 is 1.35 bits per heavy atom. The normalized spacial score (nSPS) is 12.0. The molecule has 2 N–H and O–H groups in total. The number of thioether (sulfide) groups is 1. The highest BCUT2D eigenvalue weighted by molar-refractivity contribution is 8.02. The molecular weight excluding hydrogens is 377 g/mol. The lowest BCUT2D eigenvalue weighted by molar-refractivity contribution is -0.115. The molecule has 0 aliphatic rings. The van der Waals surface area contributed by atoms with Crippen LogP contribution in [0.5, 0.6) is 0 Å². The molecule has 0 spiro atoms. The predicted octanol–water partition coefficient (Wildman–Crippen LogP) is 4.23. The van der Waals surface area contributed by atoms with Crippen molar-refractivity contribution >= 4 is 45.6 Å². The first-order valence-corrected chi connectivity index (χ1v) is 9.50. The molecule has 2 heterocycles. The van der Waals surface area contributed by atoms with Gasteiger partial charge in [-0.15, -0.1) is 10.2 Å². The molecule has 1 atom stereocenters. The molecule has 3 aromatic rings. The number of benzene rings is 1. The van der Waals surface area contributed by atoms with Crippen LogP contribution in [-0.4, -0.2) is 26.5 Å². The molecule has 0 aliphatic carbocycles. The van der Waals surface area contributed by atoms with Crippen LogP contribution in [0.3, 0.4) is 0 Å². The zero-order valence-electron chi connectivity index (χ0n) is 14.0. The lowest BCUT2D eigenvalue weighted by Gasteiger charge is -2.10. The summed E-state index contributed by atoms with van der Waals surface area (Å²) in [6.07, 6.45) is 0.619. The van der Waals surface area contributed by atoms with Crippen LogP contribution in [0.25, 0.3) is 0 Å². The molecule has 0 fully saturated rings. The third kappa shape index (κ3) is 4.79. The molecule has 0 unspecified atom stereocenters. The van der Waals surface area contributed by atoms with E-state index in [1.165, 1.54) is 35.2 Å². The van der Waals surface area contributed by atoms with E-state index in [0.717, 1.165) is 0 Å². The van der Waals surface area contributed by atoms with Crippen molar-refractivity contribution in [2.45, 2.75) is 29.9 Å². The van der Waals surface area contributed by atoms with Gasteiger partial charge in [0.1, 0.15) is 11.6 Å². The maximum Gasteiger partial charge on any atom is 0.239 e. The maximum atomic E-state index is 12.9. The van der Waals surface area contributed by atoms with Crippen LogP contribution in [-0.2, 0) is 4.79 Å². The molecule has 0 bridgehead atoms. The molecule has 10 heteroatoms. The summed E-state index contributed by atoms with van der Waals surface area (Å²) in [5, 5.41) is 17.9.